The first kappa shape index (κ1) is 23.5. The molecule has 0 aliphatic carbocycles. The molecular formula is C23H26IN7O. The topological polar surface area (TPSA) is 88.7 Å². The summed E-state index contributed by atoms with van der Waals surface area (Å²) in [6.45, 7) is 4.28. The van der Waals surface area contributed by atoms with Crippen molar-refractivity contribution in [3.8, 4) is 5.75 Å². The molecule has 0 spiro atoms. The first-order valence-electron chi connectivity index (χ1n) is 10.2. The van der Waals surface area contributed by atoms with Gasteiger partial charge in [0.25, 0.3) is 0 Å². The predicted molar refractivity (Wildman–Crippen MR) is 135 cm³/mol. The number of rotatable bonds is 8. The number of fused-ring (bicyclic) bond motifs is 1. The van der Waals surface area contributed by atoms with Crippen LogP contribution in [0.25, 0.3) is 5.65 Å². The number of nitrogens with one attached hydrogen (secondary N) is 2. The van der Waals surface area contributed by atoms with Gasteiger partial charge in [-0.2, -0.15) is 0 Å². The second kappa shape index (κ2) is 12.0. The molecule has 3 aromatic heterocycles. The lowest BCUT2D eigenvalue weighted by Crippen LogP contribution is -2.37. The fourth-order valence-corrected chi connectivity index (χ4v) is 3.06. The molecule has 0 fully saturated rings. The van der Waals surface area contributed by atoms with Crippen LogP contribution in [0, 0.1) is 0 Å². The van der Waals surface area contributed by atoms with E-state index in [1.165, 1.54) is 0 Å². The minimum Gasteiger partial charge on any atom is -0.487 e. The summed E-state index contributed by atoms with van der Waals surface area (Å²) in [6, 6.07) is 19.6. The SMILES string of the molecule is CCNC(=NCc1cccc(OCc2ccccn2)c1)NCc1nnc2ccccn12.I. The number of pyridine rings is 2. The lowest BCUT2D eigenvalue weighted by atomic mass is 10.2. The molecule has 0 saturated carbocycles. The van der Waals surface area contributed by atoms with Gasteiger partial charge >= 0.3 is 0 Å². The Hall–Kier alpha value is -3.21. The fourth-order valence-electron chi connectivity index (χ4n) is 3.06. The van der Waals surface area contributed by atoms with Gasteiger partial charge in [0, 0.05) is 18.9 Å². The van der Waals surface area contributed by atoms with E-state index in [-0.39, 0.29) is 24.0 Å². The van der Waals surface area contributed by atoms with Crippen LogP contribution in [-0.2, 0) is 19.7 Å². The summed E-state index contributed by atoms with van der Waals surface area (Å²) >= 11 is 0. The number of benzene rings is 1. The zero-order valence-electron chi connectivity index (χ0n) is 17.8. The van der Waals surface area contributed by atoms with E-state index in [1.54, 1.807) is 6.20 Å². The molecule has 0 radical (unpaired) electrons. The summed E-state index contributed by atoms with van der Waals surface area (Å²) in [7, 11) is 0. The van der Waals surface area contributed by atoms with Gasteiger partial charge < -0.3 is 15.4 Å². The maximum Gasteiger partial charge on any atom is 0.191 e. The highest BCUT2D eigenvalue weighted by Crippen LogP contribution is 2.15. The number of hydrogen-bond acceptors (Lipinski definition) is 5. The molecule has 3 heterocycles. The van der Waals surface area contributed by atoms with Crippen molar-refractivity contribution in [2.45, 2.75) is 26.6 Å². The van der Waals surface area contributed by atoms with E-state index in [9.17, 15) is 0 Å². The Bertz CT molecular complexity index is 1150. The molecule has 0 saturated heterocycles. The van der Waals surface area contributed by atoms with Gasteiger partial charge in [-0.15, -0.1) is 34.2 Å². The van der Waals surface area contributed by atoms with Crippen molar-refractivity contribution in [2.75, 3.05) is 6.54 Å². The third kappa shape index (κ3) is 6.39. The molecule has 4 aromatic rings. The van der Waals surface area contributed by atoms with Crippen LogP contribution in [0.1, 0.15) is 24.0 Å². The molecule has 4 rings (SSSR count). The molecule has 8 nitrogen and oxygen atoms in total. The Kier molecular flexibility index (Phi) is 8.79. The van der Waals surface area contributed by atoms with Gasteiger partial charge in [0.2, 0.25) is 0 Å². The van der Waals surface area contributed by atoms with E-state index in [0.717, 1.165) is 41.0 Å². The molecule has 9 heteroatoms. The van der Waals surface area contributed by atoms with Crippen molar-refractivity contribution in [2.24, 2.45) is 4.99 Å². The van der Waals surface area contributed by atoms with Crippen LogP contribution in [-0.4, -0.2) is 32.1 Å². The van der Waals surface area contributed by atoms with Crippen LogP contribution >= 0.6 is 24.0 Å². The number of ether oxygens (including phenoxy) is 1. The third-order valence-corrected chi connectivity index (χ3v) is 4.57. The van der Waals surface area contributed by atoms with E-state index in [4.69, 9.17) is 9.73 Å². The van der Waals surface area contributed by atoms with Crippen molar-refractivity contribution in [1.29, 1.82) is 0 Å². The van der Waals surface area contributed by atoms with Crippen LogP contribution in [0.3, 0.4) is 0 Å². The highest BCUT2D eigenvalue weighted by molar-refractivity contribution is 14.0. The number of aliphatic imine (C=N–C) groups is 1. The second-order valence-electron chi connectivity index (χ2n) is 6.85. The van der Waals surface area contributed by atoms with E-state index < -0.39 is 0 Å². The van der Waals surface area contributed by atoms with E-state index in [2.05, 4.69) is 25.8 Å². The molecule has 32 heavy (non-hydrogen) atoms. The van der Waals surface area contributed by atoms with E-state index in [0.29, 0.717) is 19.7 Å². The standard InChI is InChI=1S/C23H25N7O.HI/c1-2-24-23(27-16-22-29-28-21-11-4-6-13-30(21)22)26-15-18-8-7-10-20(14-18)31-17-19-9-3-5-12-25-19;/h3-14H,2,15-17H2,1H3,(H2,24,26,27);1H. The third-order valence-electron chi connectivity index (χ3n) is 4.57. The number of guanidine groups is 1. The van der Waals surface area contributed by atoms with E-state index in [1.807, 2.05) is 78.2 Å². The summed E-state index contributed by atoms with van der Waals surface area (Å²) in [4.78, 5) is 8.97. The smallest absolute Gasteiger partial charge is 0.191 e. The van der Waals surface area contributed by atoms with Gasteiger partial charge in [-0.25, -0.2) is 4.99 Å². The Labute approximate surface area is 204 Å². The minimum absolute atomic E-state index is 0. The Morgan fingerprint density at radius 1 is 1.03 bits per heavy atom. The van der Waals surface area contributed by atoms with Crippen molar-refractivity contribution < 1.29 is 4.74 Å². The number of hydrogen-bond donors (Lipinski definition) is 2. The summed E-state index contributed by atoms with van der Waals surface area (Å²) in [6.07, 6.45) is 3.72. The average Bonchev–Trinajstić information content (AvgIpc) is 3.24. The molecule has 0 amide bonds. The van der Waals surface area contributed by atoms with Crippen molar-refractivity contribution in [1.82, 2.24) is 30.2 Å². The van der Waals surface area contributed by atoms with Crippen molar-refractivity contribution in [3.05, 3.63) is 90.1 Å². The average molecular weight is 543 g/mol. The van der Waals surface area contributed by atoms with Gasteiger partial charge in [-0.3, -0.25) is 9.38 Å². The summed E-state index contributed by atoms with van der Waals surface area (Å²) in [5.74, 6) is 2.34. The molecule has 0 unspecified atom stereocenters. The Balaban J connectivity index is 0.00000289. The Morgan fingerprint density at radius 2 is 1.94 bits per heavy atom. The lowest BCUT2D eigenvalue weighted by Gasteiger charge is -2.11. The first-order chi connectivity index (χ1) is 15.3. The molecule has 2 N–H and O–H groups in total. The van der Waals surface area contributed by atoms with Gasteiger partial charge in [0.15, 0.2) is 17.4 Å². The summed E-state index contributed by atoms with van der Waals surface area (Å²) in [5.41, 5.74) is 2.78. The Morgan fingerprint density at radius 3 is 2.78 bits per heavy atom. The monoisotopic (exact) mass is 543 g/mol. The quantitative estimate of drug-likeness (QED) is 0.201. The van der Waals surface area contributed by atoms with Gasteiger partial charge in [0.05, 0.1) is 18.8 Å². The number of aromatic nitrogens is 4. The molecule has 1 aromatic carbocycles. The predicted octanol–water partition coefficient (Wildman–Crippen LogP) is 3.58. The van der Waals surface area contributed by atoms with Gasteiger partial charge in [0.1, 0.15) is 12.4 Å². The first-order valence-corrected chi connectivity index (χ1v) is 10.2. The van der Waals surface area contributed by atoms with Crippen LogP contribution in [0.15, 0.2) is 78.0 Å². The fraction of sp³-hybridized carbons (Fsp3) is 0.217. The van der Waals surface area contributed by atoms with Gasteiger partial charge in [-0.1, -0.05) is 24.3 Å². The zero-order chi connectivity index (χ0) is 21.3. The van der Waals surface area contributed by atoms with Crippen LogP contribution in [0.4, 0.5) is 0 Å². The lowest BCUT2D eigenvalue weighted by molar-refractivity contribution is 0.301. The normalized spacial score (nSPS) is 11.1. The summed E-state index contributed by atoms with van der Waals surface area (Å²) < 4.78 is 7.82. The highest BCUT2D eigenvalue weighted by atomic mass is 127. The van der Waals surface area contributed by atoms with Gasteiger partial charge in [-0.05, 0) is 48.9 Å². The molecule has 0 atom stereocenters. The second-order valence-corrected chi connectivity index (χ2v) is 6.85. The summed E-state index contributed by atoms with van der Waals surface area (Å²) in [5, 5.41) is 15.0. The molecule has 0 aliphatic rings. The largest absolute Gasteiger partial charge is 0.487 e. The highest BCUT2D eigenvalue weighted by Gasteiger charge is 2.06. The molecular weight excluding hydrogens is 517 g/mol. The molecule has 166 valence electrons. The van der Waals surface area contributed by atoms with Crippen molar-refractivity contribution in [3.63, 3.8) is 0 Å². The van der Waals surface area contributed by atoms with Crippen molar-refractivity contribution >= 4 is 35.6 Å². The number of nitrogens with zero attached hydrogens (tertiary/aromatic N) is 5. The van der Waals surface area contributed by atoms with Crippen LogP contribution in [0.2, 0.25) is 0 Å². The molecule has 0 bridgehead atoms. The van der Waals surface area contributed by atoms with Crippen LogP contribution in [0.5, 0.6) is 5.75 Å². The minimum atomic E-state index is 0. The molecule has 0 aliphatic heterocycles. The maximum atomic E-state index is 5.86. The maximum absolute atomic E-state index is 5.86. The zero-order valence-corrected chi connectivity index (χ0v) is 20.1. The van der Waals surface area contributed by atoms with Crippen LogP contribution < -0.4 is 15.4 Å². The van der Waals surface area contributed by atoms with E-state index >= 15 is 0 Å². The number of halogens is 1.